The molecule has 8 heteroatoms. The first-order chi connectivity index (χ1) is 13.6. The van der Waals surface area contributed by atoms with Gasteiger partial charge in [-0.1, -0.05) is 6.07 Å². The number of pyridine rings is 1. The molecule has 8 nitrogen and oxygen atoms in total. The summed E-state index contributed by atoms with van der Waals surface area (Å²) in [5, 5.41) is 12.1. The van der Waals surface area contributed by atoms with Gasteiger partial charge in [-0.15, -0.1) is 0 Å². The lowest BCUT2D eigenvalue weighted by molar-refractivity contribution is -0.135. The summed E-state index contributed by atoms with van der Waals surface area (Å²) in [5.41, 5.74) is 0.848. The van der Waals surface area contributed by atoms with E-state index in [1.165, 1.54) is 0 Å². The number of ether oxygens (including phenoxy) is 1. The number of likely N-dealkylation sites (tertiary alicyclic amines) is 1. The highest BCUT2D eigenvalue weighted by Gasteiger charge is 2.41. The number of carbonyl (C=O) groups excluding carboxylic acids is 2. The number of piperidine rings is 1. The molecule has 4 atom stereocenters. The van der Waals surface area contributed by atoms with Crippen molar-refractivity contribution in [3.63, 3.8) is 0 Å². The van der Waals surface area contributed by atoms with Gasteiger partial charge in [-0.25, -0.2) is 0 Å². The van der Waals surface area contributed by atoms with E-state index in [1.807, 2.05) is 10.6 Å². The fraction of sp³-hybridized carbons (Fsp3) is 0.650. The molecule has 2 amide bonds. The number of nitrogens with one attached hydrogen (secondary N) is 1. The van der Waals surface area contributed by atoms with E-state index < -0.39 is 6.10 Å². The molecule has 0 aliphatic carbocycles. The summed E-state index contributed by atoms with van der Waals surface area (Å²) in [6.07, 6.45) is 2.20. The molecule has 2 saturated heterocycles. The SMILES string of the molecule is O=C(NC[C@H]1[C@H]2C[C@H](CN(C(=O)CCO)C2)c2cccc(=O)n21)[C@H]1CCCO1. The lowest BCUT2D eigenvalue weighted by Gasteiger charge is -2.47. The van der Waals surface area contributed by atoms with Crippen LogP contribution in [0.1, 0.15) is 43.3 Å². The van der Waals surface area contributed by atoms with Gasteiger partial charge in [-0.3, -0.25) is 14.4 Å². The number of hydrogen-bond acceptors (Lipinski definition) is 5. The first kappa shape index (κ1) is 19.1. The zero-order valence-corrected chi connectivity index (χ0v) is 15.9. The Hall–Kier alpha value is -2.19. The van der Waals surface area contributed by atoms with Crippen molar-refractivity contribution in [3.05, 3.63) is 34.2 Å². The maximum Gasteiger partial charge on any atom is 0.251 e. The smallest absolute Gasteiger partial charge is 0.251 e. The van der Waals surface area contributed by atoms with Gasteiger partial charge in [0.15, 0.2) is 0 Å². The van der Waals surface area contributed by atoms with Gasteiger partial charge in [-0.05, 0) is 31.2 Å². The molecule has 4 rings (SSSR count). The van der Waals surface area contributed by atoms with Crippen LogP contribution in [0.2, 0.25) is 0 Å². The van der Waals surface area contributed by atoms with Crippen LogP contribution in [0.15, 0.2) is 23.0 Å². The van der Waals surface area contributed by atoms with E-state index in [-0.39, 0.29) is 48.3 Å². The molecule has 0 unspecified atom stereocenters. The lowest BCUT2D eigenvalue weighted by atomic mass is 9.78. The summed E-state index contributed by atoms with van der Waals surface area (Å²) in [7, 11) is 0. The number of aromatic nitrogens is 1. The molecule has 3 aliphatic rings. The summed E-state index contributed by atoms with van der Waals surface area (Å²) in [6, 6.07) is 5.05. The Morgan fingerprint density at radius 3 is 2.89 bits per heavy atom. The van der Waals surface area contributed by atoms with Crippen LogP contribution < -0.4 is 10.9 Å². The van der Waals surface area contributed by atoms with E-state index >= 15 is 0 Å². The summed E-state index contributed by atoms with van der Waals surface area (Å²) in [4.78, 5) is 39.2. The summed E-state index contributed by atoms with van der Waals surface area (Å²) < 4.78 is 7.26. The van der Waals surface area contributed by atoms with Gasteiger partial charge >= 0.3 is 0 Å². The van der Waals surface area contributed by atoms with Crippen LogP contribution >= 0.6 is 0 Å². The van der Waals surface area contributed by atoms with E-state index in [4.69, 9.17) is 9.84 Å². The molecule has 3 aliphatic heterocycles. The van der Waals surface area contributed by atoms with Gasteiger partial charge in [0, 0.05) is 50.3 Å². The fourth-order valence-electron chi connectivity index (χ4n) is 4.87. The van der Waals surface area contributed by atoms with Gasteiger partial charge in [-0.2, -0.15) is 0 Å². The van der Waals surface area contributed by atoms with Crippen molar-refractivity contribution >= 4 is 11.8 Å². The summed E-state index contributed by atoms with van der Waals surface area (Å²) in [6.45, 7) is 1.89. The Labute approximate surface area is 163 Å². The van der Waals surface area contributed by atoms with Crippen molar-refractivity contribution in [2.45, 2.75) is 43.7 Å². The highest BCUT2D eigenvalue weighted by Crippen LogP contribution is 2.40. The molecule has 2 fully saturated rings. The minimum atomic E-state index is -0.405. The van der Waals surface area contributed by atoms with E-state index in [1.54, 1.807) is 17.0 Å². The molecule has 1 aromatic heterocycles. The van der Waals surface area contributed by atoms with Crippen LogP contribution in [0.3, 0.4) is 0 Å². The third-order valence-electron chi connectivity index (χ3n) is 6.18. The number of carbonyl (C=O) groups is 2. The molecule has 152 valence electrons. The maximum atomic E-state index is 12.6. The molecule has 2 N–H and O–H groups in total. The summed E-state index contributed by atoms with van der Waals surface area (Å²) in [5.74, 6) is -0.0144. The van der Waals surface area contributed by atoms with Gasteiger partial charge in [0.1, 0.15) is 6.10 Å². The standard InChI is InChI=1S/C20H27N3O5/c24-7-6-18(25)22-11-13-9-14(12-22)16(23-15(13)3-1-5-19(23)26)10-21-20(27)17-4-2-8-28-17/h1,3,5,13-14,16-17,24H,2,4,6-12H2,(H,21,27)/t13-,14+,16+,17-/m1/s1. The average Bonchev–Trinajstić information content (AvgIpc) is 3.23. The van der Waals surface area contributed by atoms with Crippen molar-refractivity contribution in [2.75, 3.05) is 32.8 Å². The summed E-state index contributed by atoms with van der Waals surface area (Å²) >= 11 is 0. The molecule has 1 aromatic rings. The molecule has 2 bridgehead atoms. The highest BCUT2D eigenvalue weighted by molar-refractivity contribution is 5.81. The number of nitrogens with zero attached hydrogens (tertiary/aromatic N) is 2. The number of hydrogen-bond donors (Lipinski definition) is 2. The molecular formula is C20H27N3O5. The second-order valence-corrected chi connectivity index (χ2v) is 7.94. The Morgan fingerprint density at radius 1 is 1.29 bits per heavy atom. The Balaban J connectivity index is 1.57. The minimum Gasteiger partial charge on any atom is -0.396 e. The second-order valence-electron chi connectivity index (χ2n) is 7.94. The molecule has 0 saturated carbocycles. The zero-order valence-electron chi connectivity index (χ0n) is 15.9. The first-order valence-corrected chi connectivity index (χ1v) is 10.1. The van der Waals surface area contributed by atoms with Gasteiger partial charge in [0.05, 0.1) is 12.6 Å². The molecule has 0 spiro atoms. The van der Waals surface area contributed by atoms with Crippen molar-refractivity contribution in [3.8, 4) is 0 Å². The van der Waals surface area contributed by atoms with E-state index in [0.717, 1.165) is 25.0 Å². The van der Waals surface area contributed by atoms with Crippen LogP contribution in [0.25, 0.3) is 0 Å². The minimum absolute atomic E-state index is 0.0638. The predicted molar refractivity (Wildman–Crippen MR) is 101 cm³/mol. The first-order valence-electron chi connectivity index (χ1n) is 10.1. The third kappa shape index (κ3) is 3.58. The van der Waals surface area contributed by atoms with Crippen LogP contribution in [0, 0.1) is 5.92 Å². The lowest BCUT2D eigenvalue weighted by Crippen LogP contribution is -2.53. The zero-order chi connectivity index (χ0) is 19.7. The fourth-order valence-corrected chi connectivity index (χ4v) is 4.87. The normalized spacial score (nSPS) is 28.7. The molecule has 28 heavy (non-hydrogen) atoms. The number of aliphatic hydroxyl groups is 1. The maximum absolute atomic E-state index is 12.6. The molecule has 0 aromatic carbocycles. The highest BCUT2D eigenvalue weighted by atomic mass is 16.5. The van der Waals surface area contributed by atoms with E-state index in [0.29, 0.717) is 26.2 Å². The van der Waals surface area contributed by atoms with Crippen molar-refractivity contribution < 1.29 is 19.4 Å². The van der Waals surface area contributed by atoms with Crippen molar-refractivity contribution in [1.82, 2.24) is 14.8 Å². The van der Waals surface area contributed by atoms with Gasteiger partial charge in [0.25, 0.3) is 5.56 Å². The Morgan fingerprint density at radius 2 is 2.14 bits per heavy atom. The van der Waals surface area contributed by atoms with Crippen molar-refractivity contribution in [2.24, 2.45) is 5.92 Å². The van der Waals surface area contributed by atoms with Gasteiger partial charge in [0.2, 0.25) is 11.8 Å². The number of rotatable bonds is 5. The van der Waals surface area contributed by atoms with Crippen LogP contribution in [-0.4, -0.2) is 65.3 Å². The van der Waals surface area contributed by atoms with Gasteiger partial charge < -0.3 is 24.6 Å². The van der Waals surface area contributed by atoms with E-state index in [2.05, 4.69) is 5.32 Å². The van der Waals surface area contributed by atoms with Crippen molar-refractivity contribution in [1.29, 1.82) is 0 Å². The van der Waals surface area contributed by atoms with Crippen LogP contribution in [-0.2, 0) is 14.3 Å². The van der Waals surface area contributed by atoms with E-state index in [9.17, 15) is 14.4 Å². The molecular weight excluding hydrogens is 362 g/mol. The van der Waals surface area contributed by atoms with Crippen LogP contribution in [0.4, 0.5) is 0 Å². The molecule has 0 radical (unpaired) electrons. The largest absolute Gasteiger partial charge is 0.396 e. The average molecular weight is 389 g/mol. The Kier molecular flexibility index (Phi) is 5.50. The number of fused-ring (bicyclic) bond motifs is 4. The molecule has 4 heterocycles. The topological polar surface area (TPSA) is 101 Å². The monoisotopic (exact) mass is 389 g/mol. The predicted octanol–water partition coefficient (Wildman–Crippen LogP) is 0.0127. The van der Waals surface area contributed by atoms with Crippen LogP contribution in [0.5, 0.6) is 0 Å². The third-order valence-corrected chi connectivity index (χ3v) is 6.18. The Bertz CT molecular complexity index is 801. The second kappa shape index (κ2) is 8.05. The number of amides is 2. The quantitative estimate of drug-likeness (QED) is 0.739. The number of aliphatic hydroxyl groups excluding tert-OH is 1.